The van der Waals surface area contributed by atoms with Crippen LogP contribution in [0.3, 0.4) is 0 Å². The number of ether oxygens (including phenoxy) is 3. The van der Waals surface area contributed by atoms with Gasteiger partial charge in [-0.1, -0.05) is 25.0 Å². The summed E-state index contributed by atoms with van der Waals surface area (Å²) in [6.45, 7) is 8.91. The maximum absolute atomic E-state index is 12.5. The van der Waals surface area contributed by atoms with Crippen molar-refractivity contribution in [3.8, 4) is 11.5 Å². The van der Waals surface area contributed by atoms with Gasteiger partial charge in [0.15, 0.2) is 19.7 Å². The van der Waals surface area contributed by atoms with Gasteiger partial charge in [0.1, 0.15) is 28.7 Å². The lowest BCUT2D eigenvalue weighted by Crippen LogP contribution is -2.41. The predicted octanol–water partition coefficient (Wildman–Crippen LogP) is 10.8. The Hall–Kier alpha value is -7.89. The molecule has 2 saturated carbocycles. The van der Waals surface area contributed by atoms with Crippen LogP contribution in [0.25, 0.3) is 22.1 Å². The van der Waals surface area contributed by atoms with E-state index in [2.05, 4.69) is 89.5 Å². The Morgan fingerprint density at radius 2 is 1.09 bits per heavy atom. The van der Waals surface area contributed by atoms with Crippen molar-refractivity contribution in [2.24, 2.45) is 0 Å². The zero-order chi connectivity index (χ0) is 64.6. The second-order valence-corrected chi connectivity index (χ2v) is 29.4. The number of halogens is 1. The molecule has 2 aliphatic heterocycles. The molecule has 12 rings (SSSR count). The number of amides is 1. The fourth-order valence-corrected chi connectivity index (χ4v) is 12.8. The van der Waals surface area contributed by atoms with E-state index in [1.807, 2.05) is 63.4 Å². The zero-order valence-corrected chi connectivity index (χ0v) is 55.1. The number of benzene rings is 4. The monoisotopic (exact) mass is 1340 g/mol. The van der Waals surface area contributed by atoms with Crippen LogP contribution in [0.2, 0.25) is 5.82 Å². The van der Waals surface area contributed by atoms with Crippen molar-refractivity contribution in [2.75, 3.05) is 74.2 Å². The molecule has 0 atom stereocenters. The molecular weight excluding hydrogens is 1270 g/mol. The Morgan fingerprint density at radius 1 is 0.615 bits per heavy atom. The Morgan fingerprint density at radius 3 is 1.55 bits per heavy atom. The molecule has 0 unspecified atom stereocenters. The number of nitrogens with one attached hydrogen (secondary N) is 5. The van der Waals surface area contributed by atoms with Gasteiger partial charge in [-0.05, 0) is 172 Å². The highest BCUT2D eigenvalue weighted by atomic mass is 79.9. The summed E-state index contributed by atoms with van der Waals surface area (Å²) in [7, 11) is -4.47. The van der Waals surface area contributed by atoms with Gasteiger partial charge in [-0.2, -0.15) is 9.97 Å². The van der Waals surface area contributed by atoms with Crippen molar-refractivity contribution in [3.63, 3.8) is 0 Å². The topological polar surface area (TPSA) is 320 Å². The Balaban J connectivity index is 0.000000183. The fourth-order valence-electron chi connectivity index (χ4n) is 10.9. The first-order valence-corrected chi connectivity index (χ1v) is 35.1. The number of piperidine rings is 2. The molecule has 2 aliphatic carbocycles. The Bertz CT molecular complexity index is 4150. The van der Waals surface area contributed by atoms with Gasteiger partial charge in [-0.15, -0.1) is 0 Å². The van der Waals surface area contributed by atoms with Crippen molar-refractivity contribution in [2.45, 2.75) is 113 Å². The summed E-state index contributed by atoms with van der Waals surface area (Å²) >= 11 is 3.50. The summed E-state index contributed by atoms with van der Waals surface area (Å²) in [5.74, 6) is 4.16. The minimum Gasteiger partial charge on any atom is -0.495 e. The van der Waals surface area contributed by atoms with Gasteiger partial charge in [-0.3, -0.25) is 19.9 Å². The van der Waals surface area contributed by atoms with E-state index < -0.39 is 32.4 Å². The van der Waals surface area contributed by atoms with Crippen LogP contribution in [0.5, 0.6) is 11.5 Å². The van der Waals surface area contributed by atoms with Crippen molar-refractivity contribution < 1.29 is 45.9 Å². The second kappa shape index (κ2) is 28.7. The highest BCUT2D eigenvalue weighted by Crippen LogP contribution is 2.45. The first-order valence-electron chi connectivity index (χ1n) is 30.2. The summed E-state index contributed by atoms with van der Waals surface area (Å²) in [5, 5.41) is 33.2. The molecule has 0 radical (unpaired) electrons. The number of carbonyl (C=O) groups is 1. The van der Waals surface area contributed by atoms with Crippen molar-refractivity contribution in [1.82, 2.24) is 50.1 Å². The number of sulfone groups is 2. The fraction of sp³-hybridized carbons (Fsp3) is 0.413. The molecule has 480 valence electrons. The normalized spacial score (nSPS) is 15.6. The first-order chi connectivity index (χ1) is 43.5. The molecule has 4 aromatic heterocycles. The van der Waals surface area contributed by atoms with Gasteiger partial charge >= 0.3 is 13.2 Å². The summed E-state index contributed by atoms with van der Waals surface area (Å²) in [5.41, 5.74) is 8.86. The van der Waals surface area contributed by atoms with Gasteiger partial charge in [0.05, 0.1) is 63.6 Å². The van der Waals surface area contributed by atoms with Crippen LogP contribution >= 0.6 is 15.9 Å². The van der Waals surface area contributed by atoms with Crippen molar-refractivity contribution in [3.05, 3.63) is 130 Å². The van der Waals surface area contributed by atoms with Crippen LogP contribution in [0.1, 0.15) is 118 Å². The molecule has 4 aromatic carbocycles. The third-order valence-electron chi connectivity index (χ3n) is 15.8. The number of fused-ring (bicyclic) bond motifs is 2. The summed E-state index contributed by atoms with van der Waals surface area (Å²) < 4.78 is 66.8. The second-order valence-electron chi connectivity index (χ2n) is 24.3. The van der Waals surface area contributed by atoms with E-state index >= 15 is 0 Å². The average molecular weight is 1340 g/mol. The van der Waals surface area contributed by atoms with Gasteiger partial charge < -0.3 is 55.7 Å². The van der Waals surface area contributed by atoms with E-state index in [1.165, 1.54) is 24.3 Å². The largest absolute Gasteiger partial charge is 0.495 e. The average Bonchev–Trinajstić information content (AvgIpc) is 1.07. The number of hydrogen-bond acceptors (Lipinski definition) is 23. The predicted molar refractivity (Wildman–Crippen MR) is 357 cm³/mol. The highest BCUT2D eigenvalue weighted by molar-refractivity contribution is 9.10. The van der Waals surface area contributed by atoms with E-state index in [-0.39, 0.29) is 29.3 Å². The molecule has 24 nitrogen and oxygen atoms in total. The molecule has 0 bridgehead atoms. The zero-order valence-electron chi connectivity index (χ0n) is 51.9. The van der Waals surface area contributed by atoms with E-state index in [0.29, 0.717) is 109 Å². The molecule has 2 saturated heterocycles. The number of methoxy groups -OCH3 is 2. The molecule has 7 N–H and O–H groups in total. The molecule has 4 fully saturated rings. The number of nitrogens with zero attached hydrogens (tertiary/aromatic N) is 9. The number of hydrogen-bond donors (Lipinski definition) is 7. The van der Waals surface area contributed by atoms with Crippen LogP contribution in [0, 0.1) is 0 Å². The summed E-state index contributed by atoms with van der Waals surface area (Å²) in [6, 6.07) is 19.5. The summed E-state index contributed by atoms with van der Waals surface area (Å²) in [6.07, 6.45) is 19.8. The Kier molecular flexibility index (Phi) is 20.9. The van der Waals surface area contributed by atoms with E-state index in [4.69, 9.17) is 29.2 Å². The van der Waals surface area contributed by atoms with Crippen molar-refractivity contribution >= 4 is 117 Å². The number of likely N-dealkylation sites (tertiary alicyclic amines) is 1. The molecule has 91 heavy (non-hydrogen) atoms. The van der Waals surface area contributed by atoms with Gasteiger partial charge in [-0.25, -0.2) is 31.6 Å². The molecule has 6 heterocycles. The van der Waals surface area contributed by atoms with Gasteiger partial charge in [0, 0.05) is 90.8 Å². The quantitative estimate of drug-likeness (QED) is 0.0393. The lowest BCUT2D eigenvalue weighted by molar-refractivity contribution is 0.0204. The molecule has 0 spiro atoms. The number of rotatable bonds is 18. The van der Waals surface area contributed by atoms with E-state index in [0.717, 1.165) is 87.0 Å². The van der Waals surface area contributed by atoms with E-state index in [9.17, 15) is 21.6 Å². The first kappa shape index (κ1) is 66.0. The molecule has 4 aliphatic rings. The van der Waals surface area contributed by atoms with Crippen LogP contribution in [0.15, 0.2) is 102 Å². The maximum atomic E-state index is 12.5. The van der Waals surface area contributed by atoms with Crippen LogP contribution in [-0.2, 0) is 35.9 Å². The van der Waals surface area contributed by atoms with Gasteiger partial charge in [0.25, 0.3) is 0 Å². The SMILES string of the molecule is COc1cc(C2CCN(C(=O)OC(C)(C)C)CC2)ccc1Nc1ncc(Br)c(Nc2ccc3nccnc3c2CS(C)(=O)=O)n1.COc1cc(C2CCNCC2)ccc1Nc1ncc(C2CC2)c(Nc2ccc3nccnc3c2CS(C)(=O)=O)n1.OB(O)C1CC1. The van der Waals surface area contributed by atoms with Gasteiger partial charge in [0.2, 0.25) is 11.9 Å². The third kappa shape index (κ3) is 18.0. The highest BCUT2D eigenvalue weighted by Gasteiger charge is 2.33. The minimum atomic E-state index is -3.38. The number of carbonyl (C=O) groups excluding carboxylic acids is 1. The molecular formula is C63H76BBrN14O10S2. The van der Waals surface area contributed by atoms with Crippen LogP contribution in [0.4, 0.5) is 51.1 Å². The molecule has 28 heteroatoms. The molecule has 8 aromatic rings. The lowest BCUT2D eigenvalue weighted by atomic mass is 9.84. The van der Waals surface area contributed by atoms with Crippen LogP contribution < -0.4 is 36.1 Å². The maximum Gasteiger partial charge on any atom is 0.454 e. The lowest BCUT2D eigenvalue weighted by Gasteiger charge is -2.33. The van der Waals surface area contributed by atoms with Crippen LogP contribution in [-0.4, -0.2) is 143 Å². The van der Waals surface area contributed by atoms with E-state index in [1.54, 1.807) is 56.0 Å². The molecule has 1 amide bonds. The standard InChI is InChI=1S/C31H36BrN7O5S.C29H33N7O3S.C3H7BO2/c1-31(2,3)44-30(40)39-14-10-19(11-15-39)20-6-7-24(26(16-20)43-4)37-29-35-17-22(32)28(38-29)36-23-8-9-25-27(34-13-12-33-25)21(23)18-45(5,41)42;1-39-26-15-20(18-9-11-30-12-10-18)5-6-24(26)35-29-33-16-21(19-3-4-19)28(36-29)34-23-7-8-25-27(32-14-13-31-25)22(23)17-40(2,37)38;5-4(6)3-1-2-3/h6-9,12-13,16-17,19H,10-11,14-15,18H2,1-5H3,(H2,35,36,37,38);5-8,13-16,18-19,30H,3-4,9-12,17H2,1-2H3,(H2,33,34,35,36);3,5-6H,1-2H2. The minimum absolute atomic E-state index is 0.166. The summed E-state index contributed by atoms with van der Waals surface area (Å²) in [4.78, 5) is 50.3. The van der Waals surface area contributed by atoms with Crippen molar-refractivity contribution in [1.29, 1.82) is 0 Å². The third-order valence-corrected chi connectivity index (χ3v) is 18.0. The number of aromatic nitrogens is 8. The Labute approximate surface area is 538 Å². The number of anilines is 8. The smallest absolute Gasteiger partial charge is 0.454 e.